The van der Waals surface area contributed by atoms with Gasteiger partial charge in [0.15, 0.2) is 5.96 Å². The highest BCUT2D eigenvalue weighted by molar-refractivity contribution is 5.94. The van der Waals surface area contributed by atoms with E-state index in [0.717, 1.165) is 6.07 Å². The number of nitrogens with two attached hydrogens (primary N) is 2. The summed E-state index contributed by atoms with van der Waals surface area (Å²) in [7, 11) is 0. The molecule has 0 bridgehead atoms. The summed E-state index contributed by atoms with van der Waals surface area (Å²) in [6, 6.07) is 2.30. The fourth-order valence-corrected chi connectivity index (χ4v) is 1.81. The molecule has 0 radical (unpaired) electrons. The molecule has 134 valence electrons. The first-order chi connectivity index (χ1) is 10.3. The summed E-state index contributed by atoms with van der Waals surface area (Å²) in [5.74, 6) is -1.59. The summed E-state index contributed by atoms with van der Waals surface area (Å²) in [6.07, 6.45) is -1.05. The standard InChI is InChI=1S/C13H13F4N5.2ClH/c14-10-4-3-8(7-9(10)13(15,16)17)20-11(18)21-12(19)22-5-1-2-6-22;;/h1-4,7H,5-6H2,(H4,18,19,20,21);2*1H. The lowest BCUT2D eigenvalue weighted by Crippen LogP contribution is -2.36. The van der Waals surface area contributed by atoms with E-state index in [0.29, 0.717) is 25.2 Å². The number of hydrogen-bond acceptors (Lipinski definition) is 1. The Hall–Kier alpha value is -2.00. The Morgan fingerprint density at radius 2 is 1.67 bits per heavy atom. The molecule has 1 aliphatic rings. The third kappa shape index (κ3) is 5.57. The number of guanidine groups is 2. The van der Waals surface area contributed by atoms with Crippen molar-refractivity contribution in [2.75, 3.05) is 13.1 Å². The lowest BCUT2D eigenvalue weighted by atomic mass is 10.2. The van der Waals surface area contributed by atoms with Gasteiger partial charge in [-0.05, 0) is 18.2 Å². The van der Waals surface area contributed by atoms with Crippen LogP contribution >= 0.6 is 24.8 Å². The van der Waals surface area contributed by atoms with Crippen molar-refractivity contribution in [2.24, 2.45) is 21.5 Å². The molecule has 0 unspecified atom stereocenters. The molecule has 4 N–H and O–H groups in total. The van der Waals surface area contributed by atoms with Crippen LogP contribution in [0.3, 0.4) is 0 Å². The SMILES string of the molecule is Cl.Cl.NC(=Nc1ccc(F)c(C(F)(F)F)c1)/N=C(/N)N1CC=CC1. The van der Waals surface area contributed by atoms with Crippen LogP contribution < -0.4 is 11.5 Å². The Labute approximate surface area is 147 Å². The number of hydrogen-bond donors (Lipinski definition) is 2. The molecule has 0 saturated heterocycles. The molecule has 2 rings (SSSR count). The minimum absolute atomic E-state index is 0. The predicted octanol–water partition coefficient (Wildman–Crippen LogP) is 2.82. The number of nitrogens with zero attached hydrogens (tertiary/aromatic N) is 3. The molecule has 0 spiro atoms. The lowest BCUT2D eigenvalue weighted by Gasteiger charge is -2.15. The highest BCUT2D eigenvalue weighted by atomic mass is 35.5. The third-order valence-corrected chi connectivity index (χ3v) is 2.87. The van der Waals surface area contributed by atoms with Crippen molar-refractivity contribution < 1.29 is 17.6 Å². The summed E-state index contributed by atoms with van der Waals surface area (Å²) >= 11 is 0. The summed E-state index contributed by atoms with van der Waals surface area (Å²) in [6.45, 7) is 1.13. The summed E-state index contributed by atoms with van der Waals surface area (Å²) < 4.78 is 51.0. The van der Waals surface area contributed by atoms with Crippen LogP contribution in [-0.4, -0.2) is 29.9 Å². The first-order valence-corrected chi connectivity index (χ1v) is 6.22. The Balaban J connectivity index is 0.00000264. The van der Waals surface area contributed by atoms with E-state index in [9.17, 15) is 17.6 Å². The summed E-state index contributed by atoms with van der Waals surface area (Å²) in [5, 5.41) is 0. The molecule has 0 atom stereocenters. The largest absolute Gasteiger partial charge is 0.419 e. The number of halogens is 6. The maximum Gasteiger partial charge on any atom is 0.419 e. The Morgan fingerprint density at radius 1 is 1.08 bits per heavy atom. The van der Waals surface area contributed by atoms with Crippen LogP contribution in [0.5, 0.6) is 0 Å². The molecular weight excluding hydrogens is 373 g/mol. The lowest BCUT2D eigenvalue weighted by molar-refractivity contribution is -0.139. The average Bonchev–Trinajstić information content (AvgIpc) is 2.93. The molecule has 0 amide bonds. The van der Waals surface area contributed by atoms with Crippen LogP contribution in [0.4, 0.5) is 23.2 Å². The van der Waals surface area contributed by atoms with Gasteiger partial charge < -0.3 is 16.4 Å². The minimum atomic E-state index is -4.81. The maximum atomic E-state index is 13.2. The zero-order valence-corrected chi connectivity index (χ0v) is 13.8. The van der Waals surface area contributed by atoms with Gasteiger partial charge in [0, 0.05) is 13.1 Å². The van der Waals surface area contributed by atoms with Gasteiger partial charge in [0.1, 0.15) is 5.82 Å². The van der Waals surface area contributed by atoms with E-state index < -0.39 is 17.6 Å². The fourth-order valence-electron chi connectivity index (χ4n) is 1.81. The van der Waals surface area contributed by atoms with Crippen molar-refractivity contribution in [3.63, 3.8) is 0 Å². The second-order valence-corrected chi connectivity index (χ2v) is 4.48. The predicted molar refractivity (Wildman–Crippen MR) is 89.5 cm³/mol. The highest BCUT2D eigenvalue weighted by Crippen LogP contribution is 2.33. The van der Waals surface area contributed by atoms with Crippen molar-refractivity contribution in [3.8, 4) is 0 Å². The highest BCUT2D eigenvalue weighted by Gasteiger charge is 2.34. The number of aliphatic imine (C=N–C) groups is 2. The first kappa shape index (κ1) is 22.0. The molecule has 0 saturated carbocycles. The molecule has 1 aliphatic heterocycles. The second-order valence-electron chi connectivity index (χ2n) is 4.48. The molecular formula is C13H15Cl2F4N5. The van der Waals surface area contributed by atoms with Gasteiger partial charge in [-0.25, -0.2) is 9.38 Å². The second kappa shape index (κ2) is 8.74. The van der Waals surface area contributed by atoms with Crippen LogP contribution in [0.25, 0.3) is 0 Å². The minimum Gasteiger partial charge on any atom is -0.369 e. The van der Waals surface area contributed by atoms with E-state index in [4.69, 9.17) is 11.5 Å². The van der Waals surface area contributed by atoms with Crippen LogP contribution in [0, 0.1) is 5.82 Å². The van der Waals surface area contributed by atoms with E-state index in [1.807, 2.05) is 12.2 Å². The number of alkyl halides is 3. The van der Waals surface area contributed by atoms with Gasteiger partial charge in [0.2, 0.25) is 5.96 Å². The van der Waals surface area contributed by atoms with Crippen molar-refractivity contribution in [2.45, 2.75) is 6.18 Å². The maximum absolute atomic E-state index is 13.2. The van der Waals surface area contributed by atoms with Crippen molar-refractivity contribution in [1.29, 1.82) is 0 Å². The molecule has 5 nitrogen and oxygen atoms in total. The normalized spacial score (nSPS) is 15.1. The van der Waals surface area contributed by atoms with Gasteiger partial charge in [-0.15, -0.1) is 24.8 Å². The third-order valence-electron chi connectivity index (χ3n) is 2.87. The molecule has 0 aromatic heterocycles. The Morgan fingerprint density at radius 3 is 2.21 bits per heavy atom. The van der Waals surface area contributed by atoms with E-state index in [-0.39, 0.29) is 42.4 Å². The topological polar surface area (TPSA) is 80.0 Å². The smallest absolute Gasteiger partial charge is 0.369 e. The van der Waals surface area contributed by atoms with E-state index in [1.165, 1.54) is 0 Å². The van der Waals surface area contributed by atoms with Crippen molar-refractivity contribution in [3.05, 3.63) is 41.7 Å². The number of benzene rings is 1. The molecule has 0 fully saturated rings. The van der Waals surface area contributed by atoms with Gasteiger partial charge in [0.25, 0.3) is 0 Å². The zero-order valence-electron chi connectivity index (χ0n) is 12.1. The number of rotatable bonds is 1. The molecule has 1 aromatic rings. The molecule has 24 heavy (non-hydrogen) atoms. The summed E-state index contributed by atoms with van der Waals surface area (Å²) in [4.78, 5) is 9.19. The molecule has 0 aliphatic carbocycles. The summed E-state index contributed by atoms with van der Waals surface area (Å²) in [5.41, 5.74) is 9.64. The van der Waals surface area contributed by atoms with Crippen molar-refractivity contribution >= 4 is 42.4 Å². The zero-order chi connectivity index (χ0) is 16.3. The Bertz CT molecular complexity index is 650. The van der Waals surface area contributed by atoms with Gasteiger partial charge in [-0.3, -0.25) is 0 Å². The van der Waals surface area contributed by atoms with Gasteiger partial charge >= 0.3 is 6.18 Å². The monoisotopic (exact) mass is 387 g/mol. The fraction of sp³-hybridized carbons (Fsp3) is 0.231. The van der Waals surface area contributed by atoms with Gasteiger partial charge in [-0.2, -0.15) is 18.2 Å². The van der Waals surface area contributed by atoms with E-state index in [2.05, 4.69) is 9.98 Å². The molecule has 1 aromatic carbocycles. The van der Waals surface area contributed by atoms with Crippen LogP contribution in [0.15, 0.2) is 40.3 Å². The Kier molecular flexibility index (Phi) is 8.01. The molecule has 11 heteroatoms. The van der Waals surface area contributed by atoms with Crippen LogP contribution in [0.2, 0.25) is 0 Å². The average molecular weight is 388 g/mol. The van der Waals surface area contributed by atoms with E-state index in [1.54, 1.807) is 4.90 Å². The van der Waals surface area contributed by atoms with Crippen molar-refractivity contribution in [1.82, 2.24) is 4.90 Å². The molecule has 1 heterocycles. The quantitative estimate of drug-likeness (QED) is 0.336. The van der Waals surface area contributed by atoms with Gasteiger partial charge in [0.05, 0.1) is 11.3 Å². The van der Waals surface area contributed by atoms with Gasteiger partial charge in [-0.1, -0.05) is 12.2 Å². The van der Waals surface area contributed by atoms with E-state index >= 15 is 0 Å². The first-order valence-electron chi connectivity index (χ1n) is 6.22. The van der Waals surface area contributed by atoms with Crippen LogP contribution in [0.1, 0.15) is 5.56 Å². The van der Waals surface area contributed by atoms with Crippen LogP contribution in [-0.2, 0) is 6.18 Å².